The van der Waals surface area contributed by atoms with Crippen LogP contribution in [0.1, 0.15) is 6.42 Å². The molecule has 2 aromatic rings. The number of carbonyl (C=O) groups excluding carboxylic acids is 1. The molecule has 1 saturated carbocycles. The highest BCUT2D eigenvalue weighted by Gasteiger charge is 2.54. The number of nitrogens with one attached hydrogen (secondary N) is 1. The lowest BCUT2D eigenvalue weighted by atomic mass is 9.76. The van der Waals surface area contributed by atoms with Gasteiger partial charge in [0.2, 0.25) is 5.91 Å². The van der Waals surface area contributed by atoms with E-state index in [0.29, 0.717) is 31.4 Å². The van der Waals surface area contributed by atoms with Gasteiger partial charge in [0.1, 0.15) is 6.10 Å². The lowest BCUT2D eigenvalue weighted by Crippen LogP contribution is -2.61. The number of hydrogen-bond acceptors (Lipinski definition) is 5. The van der Waals surface area contributed by atoms with Gasteiger partial charge >= 0.3 is 0 Å². The van der Waals surface area contributed by atoms with Gasteiger partial charge < -0.3 is 30.1 Å². The first-order valence-electron chi connectivity index (χ1n) is 10.4. The van der Waals surface area contributed by atoms with Crippen molar-refractivity contribution in [3.05, 3.63) is 42.5 Å². The van der Waals surface area contributed by atoms with Crippen LogP contribution >= 0.6 is 12.2 Å². The second-order valence-electron chi connectivity index (χ2n) is 8.17. The number of aliphatic hydroxyl groups excluding tert-OH is 2. The first-order valence-corrected chi connectivity index (χ1v) is 10.8. The molecule has 0 bridgehead atoms. The highest BCUT2D eigenvalue weighted by molar-refractivity contribution is 7.80. The average molecular weight is 428 g/mol. The number of hydrogen-bond donors (Lipinski definition) is 3. The third-order valence-electron chi connectivity index (χ3n) is 6.51. The number of anilines is 1. The second kappa shape index (κ2) is 7.77. The van der Waals surface area contributed by atoms with Gasteiger partial charge in [0.25, 0.3) is 0 Å². The van der Waals surface area contributed by atoms with Gasteiger partial charge in [-0.1, -0.05) is 36.4 Å². The summed E-state index contributed by atoms with van der Waals surface area (Å²) >= 11 is 5.66. The number of benzene rings is 2. The number of aliphatic hydroxyl groups is 2. The third kappa shape index (κ3) is 3.15. The number of nitrogens with zero attached hydrogens (tertiary/aromatic N) is 2. The molecular weight excluding hydrogens is 402 g/mol. The Labute approximate surface area is 180 Å². The highest BCUT2D eigenvalue weighted by atomic mass is 32.1. The topological polar surface area (TPSA) is 85.3 Å². The van der Waals surface area contributed by atoms with Gasteiger partial charge in [0, 0.05) is 18.5 Å². The van der Waals surface area contributed by atoms with Gasteiger partial charge in [-0.15, -0.1) is 0 Å². The minimum absolute atomic E-state index is 0.0176. The zero-order valence-electron chi connectivity index (χ0n) is 16.5. The lowest BCUT2D eigenvalue weighted by molar-refractivity contribution is -0.145. The van der Waals surface area contributed by atoms with E-state index in [2.05, 4.69) is 5.32 Å². The van der Waals surface area contributed by atoms with Crippen molar-refractivity contribution in [2.24, 2.45) is 5.92 Å². The number of thiocarbonyl (C=S) groups is 1. The Balaban J connectivity index is 1.57. The SMILES string of the molecule is O=C([C@@H]1C[C@@H](O)[C@H](O)[C@@H]2NC(=S)N(c3cccc4ccccc34)[C@@H]21)N1CCOCC1. The van der Waals surface area contributed by atoms with Gasteiger partial charge in [-0.3, -0.25) is 4.79 Å². The van der Waals surface area contributed by atoms with E-state index in [4.69, 9.17) is 17.0 Å². The first-order chi connectivity index (χ1) is 14.6. The van der Waals surface area contributed by atoms with E-state index < -0.39 is 24.2 Å². The maximum Gasteiger partial charge on any atom is 0.228 e. The van der Waals surface area contributed by atoms with E-state index in [-0.39, 0.29) is 18.4 Å². The number of ether oxygens (including phenoxy) is 1. The normalized spacial score (nSPS) is 31.5. The summed E-state index contributed by atoms with van der Waals surface area (Å²) < 4.78 is 5.39. The minimum atomic E-state index is -0.998. The Bertz CT molecular complexity index is 975. The predicted octanol–water partition coefficient (Wildman–Crippen LogP) is 0.872. The zero-order chi connectivity index (χ0) is 20.8. The van der Waals surface area contributed by atoms with Crippen molar-refractivity contribution < 1.29 is 19.7 Å². The van der Waals surface area contributed by atoms with Crippen LogP contribution in [0.3, 0.4) is 0 Å². The molecule has 3 aliphatic rings. The molecule has 2 aliphatic heterocycles. The molecule has 5 rings (SSSR count). The van der Waals surface area contributed by atoms with E-state index in [1.165, 1.54) is 0 Å². The number of morpholine rings is 1. The quantitative estimate of drug-likeness (QED) is 0.614. The van der Waals surface area contributed by atoms with Crippen molar-refractivity contribution >= 4 is 39.7 Å². The van der Waals surface area contributed by atoms with Crippen molar-refractivity contribution in [1.82, 2.24) is 10.2 Å². The van der Waals surface area contributed by atoms with Gasteiger partial charge in [-0.2, -0.15) is 0 Å². The van der Waals surface area contributed by atoms with Gasteiger partial charge in [0.15, 0.2) is 5.11 Å². The summed E-state index contributed by atoms with van der Waals surface area (Å²) in [5, 5.41) is 27.0. The first kappa shape index (κ1) is 19.7. The molecule has 0 spiro atoms. The van der Waals surface area contributed by atoms with Gasteiger partial charge in [-0.25, -0.2) is 0 Å². The summed E-state index contributed by atoms with van der Waals surface area (Å²) in [6.07, 6.45) is -1.78. The molecule has 2 heterocycles. The minimum Gasteiger partial charge on any atom is -0.390 e. The third-order valence-corrected chi connectivity index (χ3v) is 6.83. The molecule has 0 radical (unpaired) electrons. The predicted molar refractivity (Wildman–Crippen MR) is 117 cm³/mol. The molecule has 5 atom stereocenters. The average Bonchev–Trinajstić information content (AvgIpc) is 3.13. The van der Waals surface area contributed by atoms with Crippen molar-refractivity contribution in [1.29, 1.82) is 0 Å². The van der Waals surface area contributed by atoms with Crippen LogP contribution in [0.2, 0.25) is 0 Å². The van der Waals surface area contributed by atoms with E-state index in [1.54, 1.807) is 4.90 Å². The van der Waals surface area contributed by atoms with Crippen LogP contribution in [0.5, 0.6) is 0 Å². The molecule has 7 nitrogen and oxygen atoms in total. The fourth-order valence-corrected chi connectivity index (χ4v) is 5.40. The largest absolute Gasteiger partial charge is 0.390 e. The molecule has 2 aromatic carbocycles. The summed E-state index contributed by atoms with van der Waals surface area (Å²) in [5.74, 6) is -0.505. The fraction of sp³-hybridized carbons (Fsp3) is 0.455. The maximum atomic E-state index is 13.5. The summed E-state index contributed by atoms with van der Waals surface area (Å²) in [5.41, 5.74) is 0.904. The Hall–Kier alpha value is -2.26. The highest BCUT2D eigenvalue weighted by Crippen LogP contribution is 2.39. The Morgan fingerprint density at radius 3 is 2.63 bits per heavy atom. The van der Waals surface area contributed by atoms with Crippen LogP contribution < -0.4 is 10.2 Å². The van der Waals surface area contributed by atoms with Crippen LogP contribution in [0.15, 0.2) is 42.5 Å². The smallest absolute Gasteiger partial charge is 0.228 e. The molecular formula is C22H25N3O4S. The van der Waals surface area contributed by atoms with Crippen LogP contribution in [0.25, 0.3) is 10.8 Å². The van der Waals surface area contributed by atoms with Crippen molar-refractivity contribution in [2.75, 3.05) is 31.2 Å². The van der Waals surface area contributed by atoms with Crippen LogP contribution in [-0.2, 0) is 9.53 Å². The summed E-state index contributed by atoms with van der Waals surface area (Å²) in [7, 11) is 0. The Kier molecular flexibility index (Phi) is 5.10. The number of rotatable bonds is 2. The standard InChI is InChI=1S/C22H25N3O4S/c26-17-12-15(21(28)24-8-10-29-11-9-24)19-18(20(17)27)23-22(30)25(19)16-7-3-5-13-4-1-2-6-14(13)16/h1-7,15,17-20,26-27H,8-12H2,(H,23,30)/t15-,17-,18-,19-,20+/m1/s1. The van der Waals surface area contributed by atoms with Crippen molar-refractivity contribution in [2.45, 2.75) is 30.7 Å². The maximum absolute atomic E-state index is 13.5. The van der Waals surface area contributed by atoms with Gasteiger partial charge in [0.05, 0.1) is 43.0 Å². The number of amides is 1. The molecule has 0 aromatic heterocycles. The lowest BCUT2D eigenvalue weighted by Gasteiger charge is -2.43. The Morgan fingerprint density at radius 1 is 1.10 bits per heavy atom. The van der Waals surface area contributed by atoms with Gasteiger partial charge in [-0.05, 0) is 30.1 Å². The number of carbonyl (C=O) groups is 1. The van der Waals surface area contributed by atoms with E-state index >= 15 is 0 Å². The molecule has 158 valence electrons. The molecule has 2 saturated heterocycles. The molecule has 3 fully saturated rings. The van der Waals surface area contributed by atoms with Crippen LogP contribution in [0, 0.1) is 5.92 Å². The summed E-state index contributed by atoms with van der Waals surface area (Å²) in [4.78, 5) is 17.3. The summed E-state index contributed by atoms with van der Waals surface area (Å²) in [6.45, 7) is 2.11. The van der Waals surface area contributed by atoms with Crippen molar-refractivity contribution in [3.63, 3.8) is 0 Å². The van der Waals surface area contributed by atoms with E-state index in [1.807, 2.05) is 47.4 Å². The van der Waals surface area contributed by atoms with Crippen molar-refractivity contribution in [3.8, 4) is 0 Å². The molecule has 0 unspecified atom stereocenters. The van der Waals surface area contributed by atoms with E-state index in [0.717, 1.165) is 16.5 Å². The molecule has 1 aliphatic carbocycles. The zero-order valence-corrected chi connectivity index (χ0v) is 17.3. The molecule has 3 N–H and O–H groups in total. The number of fused-ring (bicyclic) bond motifs is 2. The van der Waals surface area contributed by atoms with Crippen LogP contribution in [0.4, 0.5) is 5.69 Å². The monoisotopic (exact) mass is 427 g/mol. The summed E-state index contributed by atoms with van der Waals surface area (Å²) in [6, 6.07) is 13.2. The van der Waals surface area contributed by atoms with E-state index in [9.17, 15) is 15.0 Å². The second-order valence-corrected chi connectivity index (χ2v) is 8.56. The molecule has 30 heavy (non-hydrogen) atoms. The fourth-order valence-electron chi connectivity index (χ4n) is 5.04. The molecule has 1 amide bonds. The Morgan fingerprint density at radius 2 is 1.83 bits per heavy atom. The van der Waals surface area contributed by atoms with Crippen LogP contribution in [-0.4, -0.2) is 76.7 Å². The molecule has 8 heteroatoms.